The molecule has 1 aromatic rings. The van der Waals surface area contributed by atoms with E-state index in [-0.39, 0.29) is 22.3 Å². The molecule has 30 heavy (non-hydrogen) atoms. The summed E-state index contributed by atoms with van der Waals surface area (Å²) in [4.78, 5) is 0. The van der Waals surface area contributed by atoms with Crippen LogP contribution in [0.15, 0.2) is 35.9 Å². The molecule has 0 saturated heterocycles. The number of allylic oxidation sites excluding steroid dienone is 4. The summed E-state index contributed by atoms with van der Waals surface area (Å²) < 4.78 is 35.9. The van der Waals surface area contributed by atoms with Crippen molar-refractivity contribution in [3.05, 3.63) is 47.1 Å². The fourth-order valence-electron chi connectivity index (χ4n) is 2.68. The number of halogens is 3. The molecule has 0 fully saturated rings. The van der Waals surface area contributed by atoms with Crippen molar-refractivity contribution < 1.29 is 18.3 Å². The van der Waals surface area contributed by atoms with Crippen molar-refractivity contribution in [3.8, 4) is 5.75 Å². The zero-order valence-corrected chi connectivity index (χ0v) is 18.5. The lowest BCUT2D eigenvalue weighted by Gasteiger charge is -2.30. The van der Waals surface area contributed by atoms with E-state index in [9.17, 15) is 18.3 Å². The summed E-state index contributed by atoms with van der Waals surface area (Å²) in [6, 6.07) is 4.03. The van der Waals surface area contributed by atoms with Gasteiger partial charge in [-0.15, -0.1) is 0 Å². The van der Waals surface area contributed by atoms with Gasteiger partial charge in [0.2, 0.25) is 0 Å². The lowest BCUT2D eigenvalue weighted by Crippen LogP contribution is -2.21. The van der Waals surface area contributed by atoms with Gasteiger partial charge in [-0.3, -0.25) is 10.8 Å². The van der Waals surface area contributed by atoms with Crippen LogP contribution in [-0.4, -0.2) is 22.7 Å². The molecular weight excluding hydrogens is 391 g/mol. The quantitative estimate of drug-likeness (QED) is 0.255. The number of phenols is 1. The van der Waals surface area contributed by atoms with Crippen LogP contribution in [0.2, 0.25) is 0 Å². The van der Waals surface area contributed by atoms with Crippen LogP contribution < -0.4 is 5.73 Å². The highest BCUT2D eigenvalue weighted by Crippen LogP contribution is 2.41. The second kappa shape index (κ2) is 9.06. The molecular formula is C23H32F3N3O. The number of phenolic OH excluding ortho intramolecular Hbond substituents is 1. The molecule has 0 atom stereocenters. The number of alkyl halides is 3. The minimum Gasteiger partial charge on any atom is -0.505 e. The Balaban J connectivity index is 0.000000325. The first-order valence-corrected chi connectivity index (χ1v) is 9.84. The van der Waals surface area contributed by atoms with Crippen molar-refractivity contribution in [1.82, 2.24) is 0 Å². The third kappa shape index (κ3) is 5.97. The van der Waals surface area contributed by atoms with E-state index in [0.717, 1.165) is 30.6 Å². The maximum absolute atomic E-state index is 12.0. The zero-order valence-electron chi connectivity index (χ0n) is 18.5. The van der Waals surface area contributed by atoms with Gasteiger partial charge in [0, 0.05) is 5.56 Å². The third-order valence-electron chi connectivity index (χ3n) is 5.76. The maximum atomic E-state index is 12.0. The second-order valence-electron chi connectivity index (χ2n) is 8.69. The van der Waals surface area contributed by atoms with Crippen molar-refractivity contribution in [2.45, 2.75) is 71.4 Å². The predicted octanol–water partition coefficient (Wildman–Crippen LogP) is 6.43. The molecule has 0 amide bonds. The Morgan fingerprint density at radius 1 is 0.900 bits per heavy atom. The standard InChI is InChI=1S/C16H27NO.C7H5F3N2/c1-7-15(3,4)11-9-12(16(5,6)8-2)14(18)13(17)10-11;8-7(9,10)4-1-2-5(11)6(12)3-4/h9-10,18H,7-8,17H2,1-6H3;1-3,11-12H. The molecule has 1 aliphatic rings. The molecule has 0 radical (unpaired) electrons. The molecule has 7 heteroatoms. The summed E-state index contributed by atoms with van der Waals surface area (Å²) in [6.45, 7) is 13.0. The van der Waals surface area contributed by atoms with Crippen LogP contribution in [0.4, 0.5) is 18.9 Å². The molecule has 1 aliphatic carbocycles. The Morgan fingerprint density at radius 3 is 1.87 bits per heavy atom. The van der Waals surface area contributed by atoms with E-state index in [1.165, 1.54) is 5.56 Å². The summed E-state index contributed by atoms with van der Waals surface area (Å²) >= 11 is 0. The normalized spacial score (nSPS) is 14.9. The number of rotatable bonds is 4. The van der Waals surface area contributed by atoms with Crippen molar-refractivity contribution in [2.24, 2.45) is 0 Å². The predicted molar refractivity (Wildman–Crippen MR) is 118 cm³/mol. The Morgan fingerprint density at radius 2 is 1.43 bits per heavy atom. The van der Waals surface area contributed by atoms with Gasteiger partial charge in [-0.2, -0.15) is 13.2 Å². The van der Waals surface area contributed by atoms with Gasteiger partial charge in [0.1, 0.15) is 5.75 Å². The average Bonchev–Trinajstić information content (AvgIpc) is 2.65. The fourth-order valence-corrected chi connectivity index (χ4v) is 2.68. The summed E-state index contributed by atoms with van der Waals surface area (Å²) in [5.74, 6) is 0.248. The van der Waals surface area contributed by atoms with E-state index in [2.05, 4.69) is 47.6 Å². The van der Waals surface area contributed by atoms with Gasteiger partial charge in [0.15, 0.2) is 0 Å². The molecule has 5 N–H and O–H groups in total. The molecule has 1 aromatic carbocycles. The first kappa shape index (κ1) is 25.5. The molecule has 0 saturated carbocycles. The van der Waals surface area contributed by atoms with Gasteiger partial charge in [-0.1, -0.05) is 47.6 Å². The Bertz CT molecular complexity index is 878. The maximum Gasteiger partial charge on any atom is 0.416 e. The first-order valence-electron chi connectivity index (χ1n) is 9.84. The van der Waals surface area contributed by atoms with E-state index >= 15 is 0 Å². The summed E-state index contributed by atoms with van der Waals surface area (Å²) in [7, 11) is 0. The third-order valence-corrected chi connectivity index (χ3v) is 5.76. The molecule has 2 rings (SSSR count). The van der Waals surface area contributed by atoms with Crippen LogP contribution in [0, 0.1) is 10.8 Å². The van der Waals surface area contributed by atoms with Crippen LogP contribution in [0.25, 0.3) is 0 Å². The number of anilines is 1. The zero-order chi connectivity index (χ0) is 23.5. The minimum atomic E-state index is -4.43. The monoisotopic (exact) mass is 423 g/mol. The van der Waals surface area contributed by atoms with Gasteiger partial charge in [-0.25, -0.2) is 0 Å². The smallest absolute Gasteiger partial charge is 0.416 e. The number of nitrogens with one attached hydrogen (secondary N) is 2. The molecule has 0 spiro atoms. The van der Waals surface area contributed by atoms with Crippen LogP contribution >= 0.6 is 0 Å². The fraction of sp³-hybridized carbons (Fsp3) is 0.478. The van der Waals surface area contributed by atoms with Gasteiger partial charge >= 0.3 is 6.18 Å². The molecule has 0 aliphatic heterocycles. The highest BCUT2D eigenvalue weighted by atomic mass is 19.4. The van der Waals surface area contributed by atoms with E-state index < -0.39 is 17.5 Å². The van der Waals surface area contributed by atoms with Gasteiger partial charge in [-0.05, 0) is 53.5 Å². The first-order chi connectivity index (χ1) is 13.6. The van der Waals surface area contributed by atoms with Crippen LogP contribution in [-0.2, 0) is 10.8 Å². The number of aromatic hydroxyl groups is 1. The Kier molecular flexibility index (Phi) is 7.69. The lowest BCUT2D eigenvalue weighted by molar-refractivity contribution is -0.0881. The van der Waals surface area contributed by atoms with Crippen LogP contribution in [0.1, 0.15) is 65.5 Å². The van der Waals surface area contributed by atoms with Crippen molar-refractivity contribution >= 4 is 17.1 Å². The topological polar surface area (TPSA) is 93.9 Å². The van der Waals surface area contributed by atoms with Crippen molar-refractivity contribution in [2.75, 3.05) is 5.73 Å². The average molecular weight is 424 g/mol. The van der Waals surface area contributed by atoms with Crippen LogP contribution in [0.3, 0.4) is 0 Å². The van der Waals surface area contributed by atoms with Crippen LogP contribution in [0.5, 0.6) is 5.75 Å². The highest BCUT2D eigenvalue weighted by Gasteiger charge is 2.33. The SMILES string of the molecule is CCC(C)(C)c1cc(N)c(O)c(C(C)(C)CC)c1.N=C1C=CC(C(F)(F)F)=CC1=N. The largest absolute Gasteiger partial charge is 0.505 e. The summed E-state index contributed by atoms with van der Waals surface area (Å²) in [5, 5.41) is 24.1. The molecule has 0 heterocycles. The number of nitrogens with two attached hydrogens (primary N) is 1. The molecule has 0 aromatic heterocycles. The second-order valence-corrected chi connectivity index (χ2v) is 8.69. The molecule has 4 nitrogen and oxygen atoms in total. The van der Waals surface area contributed by atoms with E-state index in [1.807, 2.05) is 6.07 Å². The minimum absolute atomic E-state index is 0.0575. The molecule has 0 bridgehead atoms. The lowest BCUT2D eigenvalue weighted by atomic mass is 9.76. The van der Waals surface area contributed by atoms with E-state index in [1.54, 1.807) is 0 Å². The molecule has 166 valence electrons. The number of nitrogen functional groups attached to an aromatic ring is 1. The number of hydrogen-bond donors (Lipinski definition) is 4. The summed E-state index contributed by atoms with van der Waals surface area (Å²) in [6.07, 6.45) is -0.0173. The highest BCUT2D eigenvalue weighted by molar-refractivity contribution is 6.49. The van der Waals surface area contributed by atoms with Crippen molar-refractivity contribution in [3.63, 3.8) is 0 Å². The molecule has 0 unspecified atom stereocenters. The Hall–Kier alpha value is -2.57. The van der Waals surface area contributed by atoms with Gasteiger partial charge in [0.25, 0.3) is 0 Å². The van der Waals surface area contributed by atoms with E-state index in [4.69, 9.17) is 16.6 Å². The van der Waals surface area contributed by atoms with Gasteiger partial charge < -0.3 is 10.8 Å². The van der Waals surface area contributed by atoms with Crippen molar-refractivity contribution in [1.29, 1.82) is 10.8 Å². The summed E-state index contributed by atoms with van der Waals surface area (Å²) in [5.41, 5.74) is 7.15. The van der Waals surface area contributed by atoms with Gasteiger partial charge in [0.05, 0.1) is 22.7 Å². The van der Waals surface area contributed by atoms with E-state index in [0.29, 0.717) is 11.8 Å². The number of hydrogen-bond acceptors (Lipinski definition) is 4. The Labute approximate surface area is 176 Å². The number of benzene rings is 1.